The van der Waals surface area contributed by atoms with Crippen molar-refractivity contribution in [3.63, 3.8) is 0 Å². The highest BCUT2D eigenvalue weighted by Gasteiger charge is 2.44. The number of nitrogens with one attached hydrogen (secondary N) is 1. The molecule has 1 saturated heterocycles. The molecular formula is C66H131NO8. The van der Waals surface area contributed by atoms with Crippen LogP contribution in [0.3, 0.4) is 0 Å². The maximum Gasteiger partial charge on any atom is 0.220 e. The van der Waals surface area contributed by atoms with Crippen LogP contribution in [-0.4, -0.2) is 87.5 Å². The quantitative estimate of drug-likeness (QED) is 0.0330. The summed E-state index contributed by atoms with van der Waals surface area (Å²) in [7, 11) is 0. The summed E-state index contributed by atoms with van der Waals surface area (Å²) in [6, 6.07) is -0.714. The molecule has 2 unspecified atom stereocenters. The highest BCUT2D eigenvalue weighted by atomic mass is 16.7. The molecule has 9 heteroatoms. The SMILES string of the molecule is CCCCCCCCCCCCCCCCCCCCCCCCCCCCCCCCCCCCCC(=O)N[C@@H](CO[C@@H]1O[C@H](CO)[C@H](O)C(O)C1O)[C@H](O)CCCCCCCCCCCCCCCCCCC. The van der Waals surface area contributed by atoms with Crippen LogP contribution in [0.1, 0.15) is 361 Å². The van der Waals surface area contributed by atoms with Gasteiger partial charge in [0.15, 0.2) is 6.29 Å². The monoisotopic (exact) mass is 1070 g/mol. The van der Waals surface area contributed by atoms with E-state index in [1.165, 1.54) is 295 Å². The molecule has 6 N–H and O–H groups in total. The smallest absolute Gasteiger partial charge is 0.220 e. The van der Waals surface area contributed by atoms with Crippen molar-refractivity contribution in [3.8, 4) is 0 Å². The van der Waals surface area contributed by atoms with E-state index in [0.29, 0.717) is 12.8 Å². The molecule has 7 atom stereocenters. The standard InChI is InChI=1S/C66H131NO8/c1-3-5-7-9-11-13-15-17-19-21-22-23-24-25-26-27-28-29-30-31-32-33-34-35-36-37-38-40-42-44-46-48-50-52-54-56-62(70)67-59(58-74-66-65(73)64(72)63(71)61(57-68)75-66)60(69)55-53-51-49-47-45-43-41-39-20-18-16-14-12-10-8-6-4-2/h59-61,63-66,68-69,71-73H,3-58H2,1-2H3,(H,67,70)/t59-,60+,61+,63-,64?,65?,66+/m0/s1. The second-order valence-corrected chi connectivity index (χ2v) is 24.0. The molecule has 0 aliphatic carbocycles. The van der Waals surface area contributed by atoms with Gasteiger partial charge in [0.25, 0.3) is 0 Å². The first-order chi connectivity index (χ1) is 36.8. The molecule has 0 aromatic heterocycles. The second kappa shape index (κ2) is 56.5. The summed E-state index contributed by atoms with van der Waals surface area (Å²) in [5, 5.41) is 54.8. The first kappa shape index (κ1) is 72.2. The van der Waals surface area contributed by atoms with Crippen LogP contribution in [0.25, 0.3) is 0 Å². The number of carbonyl (C=O) groups is 1. The van der Waals surface area contributed by atoms with Crippen molar-refractivity contribution < 1.29 is 39.8 Å². The molecule has 1 rings (SSSR count). The average molecular weight is 1070 g/mol. The Morgan fingerprint density at radius 1 is 0.400 bits per heavy atom. The van der Waals surface area contributed by atoms with Crippen molar-refractivity contribution in [2.24, 2.45) is 0 Å². The molecule has 1 aliphatic rings. The van der Waals surface area contributed by atoms with Gasteiger partial charge in [-0.25, -0.2) is 0 Å². The lowest BCUT2D eigenvalue weighted by molar-refractivity contribution is -0.302. The molecular weight excluding hydrogens is 935 g/mol. The van der Waals surface area contributed by atoms with Crippen molar-refractivity contribution in [1.82, 2.24) is 5.32 Å². The zero-order chi connectivity index (χ0) is 54.3. The Bertz CT molecular complexity index is 1140. The van der Waals surface area contributed by atoms with E-state index in [9.17, 15) is 30.3 Å². The molecule has 0 saturated carbocycles. The lowest BCUT2D eigenvalue weighted by Crippen LogP contribution is -2.60. The minimum atomic E-state index is -1.55. The number of ether oxygens (including phenoxy) is 2. The second-order valence-electron chi connectivity index (χ2n) is 24.0. The largest absolute Gasteiger partial charge is 0.394 e. The van der Waals surface area contributed by atoms with Crippen molar-refractivity contribution in [3.05, 3.63) is 0 Å². The van der Waals surface area contributed by atoms with Crippen LogP contribution < -0.4 is 5.32 Å². The van der Waals surface area contributed by atoms with Gasteiger partial charge in [-0.3, -0.25) is 4.79 Å². The molecule has 448 valence electrons. The molecule has 0 spiro atoms. The Hall–Kier alpha value is -0.810. The Balaban J connectivity index is 2.05. The Kier molecular flexibility index (Phi) is 54.4. The van der Waals surface area contributed by atoms with Gasteiger partial charge in [0, 0.05) is 6.42 Å². The molecule has 0 radical (unpaired) electrons. The van der Waals surface area contributed by atoms with Crippen molar-refractivity contribution in [2.45, 2.75) is 403 Å². The average Bonchev–Trinajstić information content (AvgIpc) is 3.41. The summed E-state index contributed by atoms with van der Waals surface area (Å²) in [4.78, 5) is 13.1. The predicted octanol–water partition coefficient (Wildman–Crippen LogP) is 17.8. The third-order valence-electron chi connectivity index (χ3n) is 16.7. The number of rotatable bonds is 60. The first-order valence-electron chi connectivity index (χ1n) is 33.7. The number of hydrogen-bond donors (Lipinski definition) is 6. The van der Waals surface area contributed by atoms with Crippen molar-refractivity contribution in [1.29, 1.82) is 0 Å². The summed E-state index contributed by atoms with van der Waals surface area (Å²) in [5.41, 5.74) is 0. The molecule has 75 heavy (non-hydrogen) atoms. The van der Waals surface area contributed by atoms with E-state index in [-0.39, 0.29) is 12.5 Å². The van der Waals surface area contributed by atoms with Gasteiger partial charge in [-0.05, 0) is 12.8 Å². The Morgan fingerprint density at radius 2 is 0.667 bits per heavy atom. The maximum absolute atomic E-state index is 13.1. The van der Waals surface area contributed by atoms with Crippen LogP contribution >= 0.6 is 0 Å². The molecule has 9 nitrogen and oxygen atoms in total. The van der Waals surface area contributed by atoms with Crippen molar-refractivity contribution >= 4 is 5.91 Å². The van der Waals surface area contributed by atoms with Crippen LogP contribution in [0.2, 0.25) is 0 Å². The van der Waals surface area contributed by atoms with Crippen LogP contribution in [0.15, 0.2) is 0 Å². The van der Waals surface area contributed by atoms with Gasteiger partial charge in [0.2, 0.25) is 5.91 Å². The first-order valence-corrected chi connectivity index (χ1v) is 33.7. The third kappa shape index (κ3) is 45.6. The molecule has 1 amide bonds. The van der Waals surface area contributed by atoms with Gasteiger partial charge < -0.3 is 40.3 Å². The molecule has 1 aliphatic heterocycles. The predicted molar refractivity (Wildman–Crippen MR) is 318 cm³/mol. The zero-order valence-corrected chi connectivity index (χ0v) is 50.1. The number of aliphatic hydroxyl groups is 5. The lowest BCUT2D eigenvalue weighted by Gasteiger charge is -2.40. The van der Waals surface area contributed by atoms with Crippen molar-refractivity contribution in [2.75, 3.05) is 13.2 Å². The molecule has 1 fully saturated rings. The van der Waals surface area contributed by atoms with E-state index in [4.69, 9.17) is 9.47 Å². The van der Waals surface area contributed by atoms with Crippen LogP contribution in [-0.2, 0) is 14.3 Å². The van der Waals surface area contributed by atoms with E-state index in [1.54, 1.807) is 0 Å². The van der Waals surface area contributed by atoms with E-state index in [1.807, 2.05) is 0 Å². The summed E-state index contributed by atoms with van der Waals surface area (Å²) < 4.78 is 11.3. The number of amides is 1. The van der Waals surface area contributed by atoms with Gasteiger partial charge in [0.1, 0.15) is 24.4 Å². The zero-order valence-electron chi connectivity index (χ0n) is 50.1. The fourth-order valence-corrected chi connectivity index (χ4v) is 11.4. The van der Waals surface area contributed by atoms with Gasteiger partial charge >= 0.3 is 0 Å². The van der Waals surface area contributed by atoms with E-state index >= 15 is 0 Å². The summed E-state index contributed by atoms with van der Waals surface area (Å²) in [5.74, 6) is -0.134. The van der Waals surface area contributed by atoms with E-state index in [0.717, 1.165) is 38.5 Å². The van der Waals surface area contributed by atoms with Gasteiger partial charge in [-0.15, -0.1) is 0 Å². The van der Waals surface area contributed by atoms with Crippen LogP contribution in [0, 0.1) is 0 Å². The number of hydrogen-bond acceptors (Lipinski definition) is 8. The highest BCUT2D eigenvalue weighted by Crippen LogP contribution is 2.24. The Labute approximate surface area is 465 Å². The minimum Gasteiger partial charge on any atom is -0.394 e. The van der Waals surface area contributed by atoms with Gasteiger partial charge in [-0.2, -0.15) is 0 Å². The fourth-order valence-electron chi connectivity index (χ4n) is 11.4. The third-order valence-corrected chi connectivity index (χ3v) is 16.7. The molecule has 0 bridgehead atoms. The Morgan fingerprint density at radius 3 is 0.947 bits per heavy atom. The van der Waals surface area contributed by atoms with Crippen LogP contribution in [0.5, 0.6) is 0 Å². The molecule has 0 aromatic rings. The highest BCUT2D eigenvalue weighted by molar-refractivity contribution is 5.76. The minimum absolute atomic E-state index is 0.131. The van der Waals surface area contributed by atoms with Crippen LogP contribution in [0.4, 0.5) is 0 Å². The number of aliphatic hydroxyl groups excluding tert-OH is 5. The maximum atomic E-state index is 13.1. The fraction of sp³-hybridized carbons (Fsp3) is 0.985. The van der Waals surface area contributed by atoms with E-state index < -0.39 is 49.5 Å². The van der Waals surface area contributed by atoms with Gasteiger partial charge in [-0.1, -0.05) is 341 Å². The van der Waals surface area contributed by atoms with Gasteiger partial charge in [0.05, 0.1) is 25.4 Å². The molecule has 0 aromatic carbocycles. The summed E-state index contributed by atoms with van der Waals surface area (Å²) >= 11 is 0. The van der Waals surface area contributed by atoms with E-state index in [2.05, 4.69) is 19.2 Å². The molecule has 1 heterocycles. The normalized spacial score (nSPS) is 18.7. The topological polar surface area (TPSA) is 149 Å². The summed E-state index contributed by atoms with van der Waals surface area (Å²) in [6.07, 6.45) is 63.2. The number of carbonyl (C=O) groups excluding carboxylic acids is 1. The number of unbranched alkanes of at least 4 members (excludes halogenated alkanes) is 50. The summed E-state index contributed by atoms with van der Waals surface area (Å²) in [6.45, 7) is 3.90. The lowest BCUT2D eigenvalue weighted by atomic mass is 9.99.